The summed E-state index contributed by atoms with van der Waals surface area (Å²) < 4.78 is 0. The Labute approximate surface area is 83.4 Å². The zero-order chi connectivity index (χ0) is 9.97. The van der Waals surface area contributed by atoms with Crippen molar-refractivity contribution in [1.82, 2.24) is 10.6 Å². The van der Waals surface area contributed by atoms with E-state index in [0.29, 0.717) is 12.3 Å². The fourth-order valence-corrected chi connectivity index (χ4v) is 2.32. The topological polar surface area (TPSA) is 58.2 Å². The fraction of sp³-hybridized carbons (Fsp3) is 0.800. The van der Waals surface area contributed by atoms with E-state index in [1.807, 2.05) is 0 Å². The molecular formula is C10H16N2O2. The van der Waals surface area contributed by atoms with Gasteiger partial charge >= 0.3 is 0 Å². The largest absolute Gasteiger partial charge is 0.317 e. The van der Waals surface area contributed by atoms with Crippen LogP contribution < -0.4 is 10.6 Å². The van der Waals surface area contributed by atoms with Crippen LogP contribution in [0.4, 0.5) is 0 Å². The Hall–Kier alpha value is -0.900. The van der Waals surface area contributed by atoms with Gasteiger partial charge in [-0.05, 0) is 38.3 Å². The van der Waals surface area contributed by atoms with Gasteiger partial charge in [0.25, 0.3) is 0 Å². The molecule has 0 spiro atoms. The predicted octanol–water partition coefficient (Wildman–Crippen LogP) is 0.0388. The molecular weight excluding hydrogens is 180 g/mol. The monoisotopic (exact) mass is 196 g/mol. The molecule has 0 aromatic carbocycles. The van der Waals surface area contributed by atoms with Gasteiger partial charge in [0.2, 0.25) is 11.8 Å². The maximum atomic E-state index is 11.3. The summed E-state index contributed by atoms with van der Waals surface area (Å²) in [6.45, 7) is 2.10. The van der Waals surface area contributed by atoms with Crippen LogP contribution in [0.5, 0.6) is 0 Å². The zero-order valence-corrected chi connectivity index (χ0v) is 8.21. The molecule has 0 aromatic heterocycles. The van der Waals surface area contributed by atoms with Crippen molar-refractivity contribution in [3.8, 4) is 0 Å². The standard InChI is InChI=1S/C10H16N2O2/c13-9-6-8(10(14)12-9)5-7-1-3-11-4-2-7/h7-8,11H,1-6H2,(H,12,13,14). The van der Waals surface area contributed by atoms with Crippen molar-refractivity contribution >= 4 is 11.8 Å². The Kier molecular flexibility index (Phi) is 2.82. The molecule has 4 heteroatoms. The number of hydrogen-bond acceptors (Lipinski definition) is 3. The molecule has 0 saturated carbocycles. The molecule has 4 nitrogen and oxygen atoms in total. The lowest BCUT2D eigenvalue weighted by Gasteiger charge is -2.23. The second kappa shape index (κ2) is 4.09. The molecule has 2 aliphatic heterocycles. The number of piperidine rings is 1. The van der Waals surface area contributed by atoms with Crippen molar-refractivity contribution in [2.24, 2.45) is 11.8 Å². The van der Waals surface area contributed by atoms with Crippen molar-refractivity contribution in [3.63, 3.8) is 0 Å². The highest BCUT2D eigenvalue weighted by Gasteiger charge is 2.32. The first-order valence-corrected chi connectivity index (χ1v) is 5.30. The molecule has 2 rings (SSSR count). The van der Waals surface area contributed by atoms with Crippen molar-refractivity contribution in [3.05, 3.63) is 0 Å². The summed E-state index contributed by atoms with van der Waals surface area (Å²) in [5, 5.41) is 5.66. The van der Waals surface area contributed by atoms with Crippen molar-refractivity contribution in [2.45, 2.75) is 25.7 Å². The van der Waals surface area contributed by atoms with Gasteiger partial charge in [0.05, 0.1) is 0 Å². The quantitative estimate of drug-likeness (QED) is 0.613. The summed E-state index contributed by atoms with van der Waals surface area (Å²) in [7, 11) is 0. The number of nitrogens with one attached hydrogen (secondary N) is 2. The predicted molar refractivity (Wildman–Crippen MR) is 51.5 cm³/mol. The first kappa shape index (κ1) is 9.65. The number of amides is 2. The third kappa shape index (κ3) is 2.12. The summed E-state index contributed by atoms with van der Waals surface area (Å²) in [6, 6.07) is 0. The van der Waals surface area contributed by atoms with Gasteiger partial charge in [-0.15, -0.1) is 0 Å². The average molecular weight is 196 g/mol. The molecule has 2 fully saturated rings. The van der Waals surface area contributed by atoms with E-state index >= 15 is 0 Å². The van der Waals surface area contributed by atoms with Crippen LogP contribution >= 0.6 is 0 Å². The summed E-state index contributed by atoms with van der Waals surface area (Å²) >= 11 is 0. The van der Waals surface area contributed by atoms with E-state index < -0.39 is 0 Å². The van der Waals surface area contributed by atoms with Gasteiger partial charge in [0.1, 0.15) is 0 Å². The molecule has 14 heavy (non-hydrogen) atoms. The minimum absolute atomic E-state index is 0.0504. The Morgan fingerprint density at radius 2 is 1.93 bits per heavy atom. The Morgan fingerprint density at radius 3 is 2.50 bits per heavy atom. The van der Waals surface area contributed by atoms with Crippen LogP contribution in [0.3, 0.4) is 0 Å². The Bertz CT molecular complexity index is 247. The normalized spacial score (nSPS) is 29.3. The Balaban J connectivity index is 1.84. The van der Waals surface area contributed by atoms with E-state index in [1.165, 1.54) is 0 Å². The number of carbonyl (C=O) groups is 2. The fourth-order valence-electron chi connectivity index (χ4n) is 2.32. The van der Waals surface area contributed by atoms with Crippen LogP contribution in [-0.4, -0.2) is 24.9 Å². The summed E-state index contributed by atoms with van der Waals surface area (Å²) in [6.07, 6.45) is 3.57. The molecule has 1 unspecified atom stereocenters. The number of imide groups is 1. The molecule has 2 heterocycles. The zero-order valence-electron chi connectivity index (χ0n) is 8.21. The lowest BCUT2D eigenvalue weighted by atomic mass is 9.87. The third-order valence-electron chi connectivity index (χ3n) is 3.14. The molecule has 78 valence electrons. The maximum Gasteiger partial charge on any atom is 0.230 e. The lowest BCUT2D eigenvalue weighted by Crippen LogP contribution is -2.30. The van der Waals surface area contributed by atoms with Gasteiger partial charge in [-0.1, -0.05) is 0 Å². The average Bonchev–Trinajstić information content (AvgIpc) is 2.47. The molecule has 0 bridgehead atoms. The maximum absolute atomic E-state index is 11.3. The van der Waals surface area contributed by atoms with Gasteiger partial charge in [-0.25, -0.2) is 0 Å². The second-order valence-electron chi connectivity index (χ2n) is 4.24. The first-order valence-electron chi connectivity index (χ1n) is 5.30. The van der Waals surface area contributed by atoms with E-state index in [-0.39, 0.29) is 17.7 Å². The molecule has 2 aliphatic rings. The van der Waals surface area contributed by atoms with Gasteiger partial charge in [0, 0.05) is 12.3 Å². The van der Waals surface area contributed by atoms with E-state index in [2.05, 4.69) is 10.6 Å². The van der Waals surface area contributed by atoms with E-state index in [0.717, 1.165) is 32.4 Å². The molecule has 1 atom stereocenters. The highest BCUT2D eigenvalue weighted by atomic mass is 16.2. The van der Waals surface area contributed by atoms with Crippen LogP contribution in [0.25, 0.3) is 0 Å². The summed E-state index contributed by atoms with van der Waals surface area (Å²) in [5.41, 5.74) is 0. The smallest absolute Gasteiger partial charge is 0.230 e. The van der Waals surface area contributed by atoms with Gasteiger partial charge in [0.15, 0.2) is 0 Å². The minimum Gasteiger partial charge on any atom is -0.317 e. The lowest BCUT2D eigenvalue weighted by molar-refractivity contribution is -0.126. The minimum atomic E-state index is -0.103. The van der Waals surface area contributed by atoms with Crippen molar-refractivity contribution in [2.75, 3.05) is 13.1 Å². The third-order valence-corrected chi connectivity index (χ3v) is 3.14. The SMILES string of the molecule is O=C1CC(CC2CCNCC2)C(=O)N1. The first-order chi connectivity index (χ1) is 6.75. The molecule has 2 saturated heterocycles. The van der Waals surface area contributed by atoms with Crippen LogP contribution in [0, 0.1) is 11.8 Å². The van der Waals surface area contributed by atoms with E-state index in [4.69, 9.17) is 0 Å². The van der Waals surface area contributed by atoms with E-state index in [9.17, 15) is 9.59 Å². The van der Waals surface area contributed by atoms with Crippen LogP contribution in [0.2, 0.25) is 0 Å². The van der Waals surface area contributed by atoms with Gasteiger partial charge < -0.3 is 5.32 Å². The molecule has 2 amide bonds. The molecule has 2 N–H and O–H groups in total. The number of rotatable bonds is 2. The van der Waals surface area contributed by atoms with Gasteiger partial charge in [-0.2, -0.15) is 0 Å². The van der Waals surface area contributed by atoms with Gasteiger partial charge in [-0.3, -0.25) is 14.9 Å². The molecule has 0 aromatic rings. The number of hydrogen-bond donors (Lipinski definition) is 2. The highest BCUT2D eigenvalue weighted by Crippen LogP contribution is 2.25. The highest BCUT2D eigenvalue weighted by molar-refractivity contribution is 6.03. The molecule has 0 aliphatic carbocycles. The Morgan fingerprint density at radius 1 is 1.21 bits per heavy atom. The van der Waals surface area contributed by atoms with Crippen molar-refractivity contribution < 1.29 is 9.59 Å². The molecule has 0 radical (unpaired) electrons. The van der Waals surface area contributed by atoms with Crippen LogP contribution in [0.15, 0.2) is 0 Å². The van der Waals surface area contributed by atoms with Crippen LogP contribution in [0.1, 0.15) is 25.7 Å². The summed E-state index contributed by atoms with van der Waals surface area (Å²) in [5.74, 6) is 0.408. The van der Waals surface area contributed by atoms with E-state index in [1.54, 1.807) is 0 Å². The van der Waals surface area contributed by atoms with Crippen LogP contribution in [-0.2, 0) is 9.59 Å². The summed E-state index contributed by atoms with van der Waals surface area (Å²) in [4.78, 5) is 22.3. The van der Waals surface area contributed by atoms with Crippen molar-refractivity contribution in [1.29, 1.82) is 0 Å². The second-order valence-corrected chi connectivity index (χ2v) is 4.24. The number of carbonyl (C=O) groups excluding carboxylic acids is 2.